The van der Waals surface area contributed by atoms with Gasteiger partial charge in [-0.1, -0.05) is 31.2 Å². The summed E-state index contributed by atoms with van der Waals surface area (Å²) in [4.78, 5) is 11.2. The van der Waals surface area contributed by atoms with Crippen LogP contribution in [0.1, 0.15) is 25.8 Å². The summed E-state index contributed by atoms with van der Waals surface area (Å²) in [6.45, 7) is 3.39. The van der Waals surface area contributed by atoms with E-state index < -0.39 is 16.9 Å². The Morgan fingerprint density at radius 2 is 2.11 bits per heavy atom. The predicted molar refractivity (Wildman–Crippen MR) is 103 cm³/mol. The van der Waals surface area contributed by atoms with Gasteiger partial charge in [-0.3, -0.25) is 10.1 Å². The molecule has 1 aliphatic rings. The van der Waals surface area contributed by atoms with Crippen LogP contribution in [0, 0.1) is 10.1 Å². The number of nitro groups is 1. The third-order valence-corrected chi connectivity index (χ3v) is 4.50. The molecule has 2 aromatic carbocycles. The molecule has 0 amide bonds. The molecule has 1 atom stereocenters. The standard InChI is InChI=1S/C21H20FNO4/c1-4-6-15(18(22)5-2)21-19(23(24)25)12-17-16-11-14(26-3)9-7-13(16)8-10-20(17)27-21/h4,6-12,21H,5H2,1-3H3/b6-4-,18-15-. The minimum Gasteiger partial charge on any atom is -0.497 e. The summed E-state index contributed by atoms with van der Waals surface area (Å²) in [6, 6.07) is 9.12. The van der Waals surface area contributed by atoms with E-state index in [0.29, 0.717) is 17.1 Å². The van der Waals surface area contributed by atoms with Crippen molar-refractivity contribution in [2.45, 2.75) is 26.4 Å². The lowest BCUT2D eigenvalue weighted by Crippen LogP contribution is -2.29. The smallest absolute Gasteiger partial charge is 0.291 e. The fourth-order valence-corrected chi connectivity index (χ4v) is 3.17. The summed E-state index contributed by atoms with van der Waals surface area (Å²) in [5, 5.41) is 13.4. The fraction of sp³-hybridized carbons (Fsp3) is 0.238. The van der Waals surface area contributed by atoms with Crippen LogP contribution in [0.15, 0.2) is 59.6 Å². The Morgan fingerprint density at radius 1 is 1.37 bits per heavy atom. The van der Waals surface area contributed by atoms with E-state index in [0.717, 1.165) is 10.8 Å². The number of rotatable bonds is 5. The summed E-state index contributed by atoms with van der Waals surface area (Å²) in [5.74, 6) is 0.676. The molecule has 1 unspecified atom stereocenters. The van der Waals surface area contributed by atoms with Gasteiger partial charge < -0.3 is 9.47 Å². The number of benzene rings is 2. The largest absolute Gasteiger partial charge is 0.497 e. The second-order valence-electron chi connectivity index (χ2n) is 6.10. The van der Waals surface area contributed by atoms with Crippen molar-refractivity contribution < 1.29 is 18.8 Å². The highest BCUT2D eigenvalue weighted by Gasteiger charge is 2.36. The molecule has 0 bridgehead atoms. The number of fused-ring (bicyclic) bond motifs is 3. The first-order chi connectivity index (χ1) is 13.0. The van der Waals surface area contributed by atoms with E-state index >= 15 is 0 Å². The SMILES string of the molecule is C/C=C\C(=C(\F)CC)C1Oc2ccc3ccc(OC)cc3c2C=C1[N+](=O)[O-]. The lowest BCUT2D eigenvalue weighted by Gasteiger charge is -2.24. The Hall–Kier alpha value is -3.15. The van der Waals surface area contributed by atoms with E-state index in [1.807, 2.05) is 18.2 Å². The third kappa shape index (κ3) is 3.43. The van der Waals surface area contributed by atoms with Gasteiger partial charge in [0.1, 0.15) is 17.3 Å². The van der Waals surface area contributed by atoms with Crippen LogP contribution in [0.2, 0.25) is 0 Å². The highest BCUT2D eigenvalue weighted by Crippen LogP contribution is 2.39. The van der Waals surface area contributed by atoms with E-state index in [1.54, 1.807) is 39.2 Å². The molecule has 0 spiro atoms. The molecule has 27 heavy (non-hydrogen) atoms. The maximum absolute atomic E-state index is 14.4. The molecule has 0 aromatic heterocycles. The van der Waals surface area contributed by atoms with Crippen LogP contribution in [-0.4, -0.2) is 18.1 Å². The van der Waals surface area contributed by atoms with Crippen molar-refractivity contribution in [1.82, 2.24) is 0 Å². The molecule has 0 N–H and O–H groups in total. The van der Waals surface area contributed by atoms with Gasteiger partial charge in [-0.2, -0.15) is 0 Å². The van der Waals surface area contributed by atoms with Crippen LogP contribution in [0.25, 0.3) is 16.8 Å². The van der Waals surface area contributed by atoms with Gasteiger partial charge in [-0.15, -0.1) is 0 Å². The maximum atomic E-state index is 14.4. The van der Waals surface area contributed by atoms with E-state index in [2.05, 4.69) is 0 Å². The summed E-state index contributed by atoms with van der Waals surface area (Å²) in [7, 11) is 1.56. The van der Waals surface area contributed by atoms with Gasteiger partial charge in [-0.05, 0) is 42.3 Å². The van der Waals surface area contributed by atoms with Gasteiger partial charge in [-0.25, -0.2) is 4.39 Å². The van der Waals surface area contributed by atoms with E-state index in [4.69, 9.17) is 9.47 Å². The quantitative estimate of drug-likeness (QED) is 0.400. The normalized spacial score (nSPS) is 17.2. The van der Waals surface area contributed by atoms with Crippen LogP contribution < -0.4 is 9.47 Å². The molecule has 0 saturated heterocycles. The first kappa shape index (κ1) is 18.6. The van der Waals surface area contributed by atoms with Crippen molar-refractivity contribution in [3.8, 4) is 11.5 Å². The zero-order valence-electron chi connectivity index (χ0n) is 15.4. The number of hydrogen-bond donors (Lipinski definition) is 0. The van der Waals surface area contributed by atoms with Crippen molar-refractivity contribution in [2.75, 3.05) is 7.11 Å². The predicted octanol–water partition coefficient (Wildman–Crippen LogP) is 5.44. The molecule has 0 fully saturated rings. The van der Waals surface area contributed by atoms with Gasteiger partial charge >= 0.3 is 0 Å². The molecule has 6 heteroatoms. The van der Waals surface area contributed by atoms with Gasteiger partial charge in [0.25, 0.3) is 5.70 Å². The minimum absolute atomic E-state index is 0.131. The number of methoxy groups -OCH3 is 1. The monoisotopic (exact) mass is 369 g/mol. The lowest BCUT2D eigenvalue weighted by molar-refractivity contribution is -0.432. The van der Waals surface area contributed by atoms with Crippen molar-refractivity contribution in [2.24, 2.45) is 0 Å². The third-order valence-electron chi connectivity index (χ3n) is 4.50. The Balaban J connectivity index is 2.23. The van der Waals surface area contributed by atoms with Crippen LogP contribution in [0.4, 0.5) is 4.39 Å². The minimum atomic E-state index is -1.10. The first-order valence-corrected chi connectivity index (χ1v) is 8.64. The van der Waals surface area contributed by atoms with Crippen LogP contribution in [0.3, 0.4) is 0 Å². The summed E-state index contributed by atoms with van der Waals surface area (Å²) < 4.78 is 25.6. The second-order valence-corrected chi connectivity index (χ2v) is 6.10. The van der Waals surface area contributed by atoms with E-state index in [1.165, 1.54) is 12.2 Å². The molecule has 2 aromatic rings. The fourth-order valence-electron chi connectivity index (χ4n) is 3.17. The molecular formula is C21H20FNO4. The molecule has 1 aliphatic heterocycles. The average Bonchev–Trinajstić information content (AvgIpc) is 2.69. The van der Waals surface area contributed by atoms with Gasteiger partial charge in [0.2, 0.25) is 6.10 Å². The van der Waals surface area contributed by atoms with Crippen molar-refractivity contribution in [1.29, 1.82) is 0 Å². The number of ether oxygens (including phenoxy) is 2. The zero-order valence-corrected chi connectivity index (χ0v) is 15.4. The summed E-state index contributed by atoms with van der Waals surface area (Å²) in [5.41, 5.74) is 0.556. The van der Waals surface area contributed by atoms with E-state index in [9.17, 15) is 14.5 Å². The molecular weight excluding hydrogens is 349 g/mol. The van der Waals surface area contributed by atoms with Crippen molar-refractivity contribution in [3.63, 3.8) is 0 Å². The molecule has 1 heterocycles. The Kier molecular flexibility index (Phi) is 5.26. The molecule has 0 saturated carbocycles. The molecule has 0 aliphatic carbocycles. The summed E-state index contributed by atoms with van der Waals surface area (Å²) >= 11 is 0. The number of allylic oxidation sites excluding steroid dienone is 2. The Bertz CT molecular complexity index is 991. The van der Waals surface area contributed by atoms with Crippen molar-refractivity contribution >= 4 is 16.8 Å². The summed E-state index contributed by atoms with van der Waals surface area (Å²) in [6.07, 6.45) is 3.67. The lowest BCUT2D eigenvalue weighted by atomic mass is 9.96. The first-order valence-electron chi connectivity index (χ1n) is 8.64. The number of halogens is 1. The molecule has 5 nitrogen and oxygen atoms in total. The number of hydrogen-bond acceptors (Lipinski definition) is 4. The van der Waals surface area contributed by atoms with Gasteiger partial charge in [0.15, 0.2) is 0 Å². The van der Waals surface area contributed by atoms with Gasteiger partial charge in [0.05, 0.1) is 12.0 Å². The maximum Gasteiger partial charge on any atom is 0.291 e. The van der Waals surface area contributed by atoms with Crippen LogP contribution >= 0.6 is 0 Å². The average molecular weight is 369 g/mol. The molecule has 140 valence electrons. The Morgan fingerprint density at radius 3 is 2.74 bits per heavy atom. The highest BCUT2D eigenvalue weighted by molar-refractivity contribution is 5.95. The van der Waals surface area contributed by atoms with Crippen LogP contribution in [-0.2, 0) is 0 Å². The zero-order chi connectivity index (χ0) is 19.6. The van der Waals surface area contributed by atoms with Crippen molar-refractivity contribution in [3.05, 3.63) is 75.3 Å². The second kappa shape index (κ2) is 7.61. The molecule has 0 radical (unpaired) electrons. The molecule has 3 rings (SSSR count). The highest BCUT2D eigenvalue weighted by atomic mass is 19.1. The van der Waals surface area contributed by atoms with E-state index in [-0.39, 0.29) is 17.7 Å². The van der Waals surface area contributed by atoms with Crippen LogP contribution in [0.5, 0.6) is 11.5 Å². The topological polar surface area (TPSA) is 61.6 Å². The Labute approximate surface area is 156 Å². The number of nitrogens with zero attached hydrogens (tertiary/aromatic N) is 1. The van der Waals surface area contributed by atoms with Gasteiger partial charge in [0, 0.05) is 17.2 Å².